The molecule has 62 valence electrons. The zero-order chi connectivity index (χ0) is 8.39. The first-order valence-corrected chi connectivity index (χ1v) is 4.00. The number of rotatable bonds is 1. The van der Waals surface area contributed by atoms with Gasteiger partial charge >= 0.3 is 0 Å². The van der Waals surface area contributed by atoms with Crippen LogP contribution in [0, 0.1) is 0 Å². The Kier molecular flexibility index (Phi) is 1.70. The van der Waals surface area contributed by atoms with Crippen LogP contribution < -0.4 is 11.1 Å². The predicted molar refractivity (Wildman–Crippen MR) is 50.3 cm³/mol. The molecular weight excluding hydrogens is 150 g/mol. The fourth-order valence-electron chi connectivity index (χ4n) is 1.23. The van der Waals surface area contributed by atoms with Crippen LogP contribution in [0.25, 0.3) is 0 Å². The summed E-state index contributed by atoms with van der Waals surface area (Å²) in [5, 5.41) is 3.20. The first-order chi connectivity index (χ1) is 5.86. The predicted octanol–water partition coefficient (Wildman–Crippen LogP) is 0.619. The van der Waals surface area contributed by atoms with Gasteiger partial charge in [-0.25, -0.2) is 0 Å². The Balaban J connectivity index is 2.28. The van der Waals surface area contributed by atoms with Gasteiger partial charge in [-0.1, -0.05) is 0 Å². The zero-order valence-corrected chi connectivity index (χ0v) is 6.75. The Labute approximate surface area is 71.3 Å². The average molecular weight is 161 g/mol. The van der Waals surface area contributed by atoms with Crippen LogP contribution in [0.2, 0.25) is 0 Å². The van der Waals surface area contributed by atoms with Crippen molar-refractivity contribution < 1.29 is 0 Å². The normalized spacial score (nSPS) is 15.5. The molecule has 0 unspecified atom stereocenters. The summed E-state index contributed by atoms with van der Waals surface area (Å²) < 4.78 is 0. The topological polar surface area (TPSA) is 50.4 Å². The maximum Gasteiger partial charge on any atom is 0.128 e. The number of aliphatic imine (C=N–C) groups is 1. The summed E-state index contributed by atoms with van der Waals surface area (Å²) in [6, 6.07) is 7.73. The minimum atomic E-state index is 0.789. The highest BCUT2D eigenvalue weighted by Gasteiger charge is 2.06. The second kappa shape index (κ2) is 2.85. The lowest BCUT2D eigenvalue weighted by Gasteiger charge is -2.01. The number of hydrogen-bond donors (Lipinski definition) is 2. The van der Waals surface area contributed by atoms with Gasteiger partial charge in [0.1, 0.15) is 5.84 Å². The smallest absolute Gasteiger partial charge is 0.128 e. The Bertz CT molecular complexity index is 300. The highest BCUT2D eigenvalue weighted by Crippen LogP contribution is 2.07. The van der Waals surface area contributed by atoms with E-state index in [1.807, 2.05) is 24.3 Å². The molecule has 1 aromatic rings. The van der Waals surface area contributed by atoms with Crippen molar-refractivity contribution in [3.05, 3.63) is 29.8 Å². The van der Waals surface area contributed by atoms with Crippen LogP contribution in [0.1, 0.15) is 5.56 Å². The lowest BCUT2D eigenvalue weighted by Crippen LogP contribution is -2.19. The monoisotopic (exact) mass is 161 g/mol. The van der Waals surface area contributed by atoms with Gasteiger partial charge < -0.3 is 11.1 Å². The van der Waals surface area contributed by atoms with Crippen LogP contribution in [-0.2, 0) is 0 Å². The molecule has 3 nitrogen and oxygen atoms in total. The number of nitrogens with one attached hydrogen (secondary N) is 1. The Morgan fingerprint density at radius 3 is 2.58 bits per heavy atom. The maximum absolute atomic E-state index is 5.57. The second-order valence-corrected chi connectivity index (χ2v) is 2.78. The van der Waals surface area contributed by atoms with Gasteiger partial charge in [0.2, 0.25) is 0 Å². The summed E-state index contributed by atoms with van der Waals surface area (Å²) in [5.74, 6) is 0.981. The van der Waals surface area contributed by atoms with Crippen molar-refractivity contribution in [3.63, 3.8) is 0 Å². The van der Waals surface area contributed by atoms with Crippen molar-refractivity contribution in [2.75, 3.05) is 18.8 Å². The third kappa shape index (κ3) is 1.25. The first kappa shape index (κ1) is 7.16. The molecule has 0 spiro atoms. The molecule has 0 bridgehead atoms. The SMILES string of the molecule is Nc1ccc(C2=NCCN2)cc1. The highest BCUT2D eigenvalue weighted by molar-refractivity contribution is 5.99. The van der Waals surface area contributed by atoms with Gasteiger partial charge in [0.25, 0.3) is 0 Å². The number of benzene rings is 1. The van der Waals surface area contributed by atoms with Crippen molar-refractivity contribution in [2.24, 2.45) is 4.99 Å². The molecule has 1 aromatic carbocycles. The van der Waals surface area contributed by atoms with Crippen LogP contribution in [0.3, 0.4) is 0 Å². The van der Waals surface area contributed by atoms with E-state index in [-0.39, 0.29) is 0 Å². The number of nitrogens with two attached hydrogens (primary N) is 1. The average Bonchev–Trinajstić information content (AvgIpc) is 2.58. The van der Waals surface area contributed by atoms with Crippen molar-refractivity contribution in [1.82, 2.24) is 5.32 Å². The van der Waals surface area contributed by atoms with E-state index < -0.39 is 0 Å². The highest BCUT2D eigenvalue weighted by atomic mass is 15.1. The van der Waals surface area contributed by atoms with Crippen molar-refractivity contribution in [1.29, 1.82) is 0 Å². The van der Waals surface area contributed by atoms with E-state index in [1.54, 1.807) is 0 Å². The Morgan fingerprint density at radius 2 is 2.00 bits per heavy atom. The summed E-state index contributed by atoms with van der Waals surface area (Å²) in [5.41, 5.74) is 7.47. The number of hydrogen-bond acceptors (Lipinski definition) is 3. The number of nitrogens with zero attached hydrogens (tertiary/aromatic N) is 1. The molecule has 0 atom stereocenters. The molecule has 1 heterocycles. The molecule has 3 heteroatoms. The fourth-order valence-corrected chi connectivity index (χ4v) is 1.23. The Hall–Kier alpha value is -1.51. The molecule has 0 saturated carbocycles. The standard InChI is InChI=1S/C9H11N3/c10-8-3-1-7(2-4-8)9-11-5-6-12-9/h1-4H,5-6,10H2,(H,11,12). The van der Waals surface area contributed by atoms with Gasteiger partial charge in [0.15, 0.2) is 0 Å². The van der Waals surface area contributed by atoms with Gasteiger partial charge in [0, 0.05) is 17.8 Å². The summed E-state index contributed by atoms with van der Waals surface area (Å²) in [6.45, 7) is 1.82. The quantitative estimate of drug-likeness (QED) is 0.593. The molecule has 1 aliphatic rings. The third-order valence-electron chi connectivity index (χ3n) is 1.86. The Morgan fingerprint density at radius 1 is 1.25 bits per heavy atom. The molecule has 0 fully saturated rings. The summed E-state index contributed by atoms with van der Waals surface area (Å²) >= 11 is 0. The third-order valence-corrected chi connectivity index (χ3v) is 1.86. The summed E-state index contributed by atoms with van der Waals surface area (Å²) in [7, 11) is 0. The minimum absolute atomic E-state index is 0.789. The number of anilines is 1. The summed E-state index contributed by atoms with van der Waals surface area (Å²) in [6.07, 6.45) is 0. The van der Waals surface area contributed by atoms with Crippen LogP contribution in [-0.4, -0.2) is 18.9 Å². The lowest BCUT2D eigenvalue weighted by atomic mass is 10.2. The molecule has 0 saturated heterocycles. The van der Waals surface area contributed by atoms with Gasteiger partial charge in [-0.2, -0.15) is 0 Å². The van der Waals surface area contributed by atoms with Gasteiger partial charge in [-0.3, -0.25) is 4.99 Å². The van der Waals surface area contributed by atoms with E-state index in [9.17, 15) is 0 Å². The van der Waals surface area contributed by atoms with E-state index in [1.165, 1.54) is 0 Å². The second-order valence-electron chi connectivity index (χ2n) is 2.78. The van der Waals surface area contributed by atoms with Crippen molar-refractivity contribution in [2.45, 2.75) is 0 Å². The molecule has 0 amide bonds. The van der Waals surface area contributed by atoms with E-state index in [2.05, 4.69) is 10.3 Å². The van der Waals surface area contributed by atoms with E-state index in [0.29, 0.717) is 0 Å². The minimum Gasteiger partial charge on any atom is -0.399 e. The molecule has 0 aliphatic carbocycles. The van der Waals surface area contributed by atoms with Crippen molar-refractivity contribution in [3.8, 4) is 0 Å². The number of amidine groups is 1. The van der Waals surface area contributed by atoms with Crippen LogP contribution in [0.5, 0.6) is 0 Å². The molecule has 1 aliphatic heterocycles. The molecule has 12 heavy (non-hydrogen) atoms. The molecule has 0 aromatic heterocycles. The van der Waals surface area contributed by atoms with E-state index >= 15 is 0 Å². The first-order valence-electron chi connectivity index (χ1n) is 4.00. The molecule has 2 rings (SSSR count). The van der Waals surface area contributed by atoms with Crippen molar-refractivity contribution >= 4 is 11.5 Å². The van der Waals surface area contributed by atoms with Gasteiger partial charge in [0.05, 0.1) is 6.54 Å². The van der Waals surface area contributed by atoms with Crippen LogP contribution in [0.4, 0.5) is 5.69 Å². The van der Waals surface area contributed by atoms with Gasteiger partial charge in [-0.15, -0.1) is 0 Å². The van der Waals surface area contributed by atoms with Crippen LogP contribution >= 0.6 is 0 Å². The molecular formula is C9H11N3. The van der Waals surface area contributed by atoms with Crippen LogP contribution in [0.15, 0.2) is 29.3 Å². The molecule has 3 N–H and O–H groups in total. The van der Waals surface area contributed by atoms with E-state index in [0.717, 1.165) is 30.2 Å². The fraction of sp³-hybridized carbons (Fsp3) is 0.222. The molecule has 0 radical (unpaired) electrons. The number of nitrogen functional groups attached to an aromatic ring is 1. The van der Waals surface area contributed by atoms with Gasteiger partial charge in [-0.05, 0) is 24.3 Å². The summed E-state index contributed by atoms with van der Waals surface area (Å²) in [4.78, 5) is 4.30. The zero-order valence-electron chi connectivity index (χ0n) is 6.75. The lowest BCUT2D eigenvalue weighted by molar-refractivity contribution is 0.960. The maximum atomic E-state index is 5.57. The largest absolute Gasteiger partial charge is 0.399 e. The van der Waals surface area contributed by atoms with E-state index in [4.69, 9.17) is 5.73 Å².